The molecule has 5 rings (SSSR count). The molecule has 3 heterocycles. The molecule has 2 aromatic carbocycles. The van der Waals surface area contributed by atoms with Crippen LogP contribution in [0.4, 0.5) is 14.5 Å². The molecular formula is C25H21ClF2N4O3S2. The van der Waals surface area contributed by atoms with E-state index in [2.05, 4.69) is 14.7 Å². The first-order chi connectivity index (χ1) is 17.7. The molecule has 37 heavy (non-hydrogen) atoms. The number of halogens is 3. The highest BCUT2D eigenvalue weighted by atomic mass is 35.5. The van der Waals surface area contributed by atoms with Crippen LogP contribution < -0.4 is 4.72 Å². The van der Waals surface area contributed by atoms with Crippen molar-refractivity contribution in [2.24, 2.45) is 0 Å². The third-order valence-corrected chi connectivity index (χ3v) is 8.97. The lowest BCUT2D eigenvalue weighted by atomic mass is 10.0. The number of sulfonamides is 1. The second-order valence-corrected chi connectivity index (χ2v) is 11.5. The quantitative estimate of drug-likeness (QED) is 0.301. The highest BCUT2D eigenvalue weighted by Crippen LogP contribution is 2.44. The second kappa shape index (κ2) is 10.4. The fourth-order valence-corrected chi connectivity index (χ4v) is 6.87. The van der Waals surface area contributed by atoms with Crippen LogP contribution in [0.1, 0.15) is 29.6 Å². The van der Waals surface area contributed by atoms with E-state index in [0.717, 1.165) is 40.9 Å². The van der Waals surface area contributed by atoms with Crippen molar-refractivity contribution in [2.45, 2.75) is 30.6 Å². The van der Waals surface area contributed by atoms with Gasteiger partial charge in [-0.15, -0.1) is 11.3 Å². The molecule has 0 amide bonds. The summed E-state index contributed by atoms with van der Waals surface area (Å²) < 4.78 is 61.9. The molecule has 1 fully saturated rings. The van der Waals surface area contributed by atoms with Crippen molar-refractivity contribution >= 4 is 38.6 Å². The van der Waals surface area contributed by atoms with Gasteiger partial charge in [-0.25, -0.2) is 32.2 Å². The summed E-state index contributed by atoms with van der Waals surface area (Å²) in [6.07, 6.45) is 3.32. The number of thiazole rings is 1. The Kier molecular flexibility index (Phi) is 7.21. The average molecular weight is 563 g/mol. The highest BCUT2D eigenvalue weighted by molar-refractivity contribution is 7.92. The van der Waals surface area contributed by atoms with Crippen LogP contribution in [0.25, 0.3) is 21.8 Å². The molecule has 1 aliphatic heterocycles. The second-order valence-electron chi connectivity index (χ2n) is 8.43. The molecule has 0 radical (unpaired) electrons. The van der Waals surface area contributed by atoms with Gasteiger partial charge in [0.2, 0.25) is 0 Å². The summed E-state index contributed by atoms with van der Waals surface area (Å²) in [7, 11) is -4.61. The Morgan fingerprint density at radius 2 is 1.76 bits per heavy atom. The third-order valence-electron chi connectivity index (χ3n) is 5.91. The summed E-state index contributed by atoms with van der Waals surface area (Å²) in [5.74, 6) is -1.62. The summed E-state index contributed by atoms with van der Waals surface area (Å²) in [6, 6.07) is 9.34. The maximum Gasteiger partial charge on any atom is 0.267 e. The van der Waals surface area contributed by atoms with Gasteiger partial charge in [0.25, 0.3) is 10.0 Å². The van der Waals surface area contributed by atoms with Crippen LogP contribution in [0.5, 0.6) is 0 Å². The summed E-state index contributed by atoms with van der Waals surface area (Å²) in [6.45, 7) is 3.08. The maximum absolute atomic E-state index is 14.2. The van der Waals surface area contributed by atoms with Gasteiger partial charge in [0.15, 0.2) is 4.90 Å². The predicted molar refractivity (Wildman–Crippen MR) is 138 cm³/mol. The lowest BCUT2D eigenvalue weighted by Gasteiger charge is -2.19. The van der Waals surface area contributed by atoms with Gasteiger partial charge in [-0.05, 0) is 44.0 Å². The molecule has 0 atom stereocenters. The van der Waals surface area contributed by atoms with E-state index in [0.29, 0.717) is 36.0 Å². The molecule has 192 valence electrons. The van der Waals surface area contributed by atoms with E-state index in [1.54, 1.807) is 31.3 Å². The molecule has 0 bridgehead atoms. The molecule has 1 N–H and O–H groups in total. The van der Waals surface area contributed by atoms with E-state index in [1.807, 2.05) is 0 Å². The standard InChI is InChI=1S/C25H21ClF2N4O3S2/c1-14-29-11-8-20(30-14)23-22(31-25(36-23)15-9-12-35-13-10-15)16-4-2-7-19(21(16)26)32-37(33,34)24-17(27)5-3-6-18(24)28/h2-8,11,15,32H,9-10,12-13H2,1H3. The molecule has 0 unspecified atom stereocenters. The van der Waals surface area contributed by atoms with Gasteiger partial charge in [0, 0.05) is 30.9 Å². The van der Waals surface area contributed by atoms with E-state index in [4.69, 9.17) is 21.3 Å². The number of aryl methyl sites for hydroxylation is 1. The van der Waals surface area contributed by atoms with Crippen LogP contribution in [0.3, 0.4) is 0 Å². The number of ether oxygens (including phenoxy) is 1. The van der Waals surface area contributed by atoms with E-state index >= 15 is 0 Å². The Hall–Kier alpha value is -2.99. The Morgan fingerprint density at radius 3 is 2.46 bits per heavy atom. The minimum atomic E-state index is -4.61. The van der Waals surface area contributed by atoms with Crippen molar-refractivity contribution in [3.05, 3.63) is 76.2 Å². The van der Waals surface area contributed by atoms with Gasteiger partial charge in [0.1, 0.15) is 17.5 Å². The van der Waals surface area contributed by atoms with Gasteiger partial charge in [0.05, 0.1) is 32.0 Å². The number of nitrogens with zero attached hydrogens (tertiary/aromatic N) is 3. The normalized spacial score (nSPS) is 14.6. The molecule has 1 aliphatic rings. The Balaban J connectivity index is 1.60. The predicted octanol–water partition coefficient (Wildman–Crippen LogP) is 6.20. The van der Waals surface area contributed by atoms with Gasteiger partial charge in [-0.1, -0.05) is 29.8 Å². The van der Waals surface area contributed by atoms with E-state index in [9.17, 15) is 17.2 Å². The highest BCUT2D eigenvalue weighted by Gasteiger charge is 2.28. The molecule has 4 aromatic rings. The number of hydrogen-bond acceptors (Lipinski definition) is 7. The first-order valence-electron chi connectivity index (χ1n) is 11.4. The smallest absolute Gasteiger partial charge is 0.267 e. The fraction of sp³-hybridized carbons (Fsp3) is 0.240. The monoisotopic (exact) mass is 562 g/mol. The molecule has 0 spiro atoms. The number of benzene rings is 2. The molecule has 7 nitrogen and oxygen atoms in total. The number of hydrogen-bond donors (Lipinski definition) is 1. The van der Waals surface area contributed by atoms with E-state index in [-0.39, 0.29) is 16.6 Å². The lowest BCUT2D eigenvalue weighted by molar-refractivity contribution is 0.0853. The topological polar surface area (TPSA) is 94.1 Å². The molecule has 2 aromatic heterocycles. The Morgan fingerprint density at radius 1 is 1.05 bits per heavy atom. The van der Waals surface area contributed by atoms with Crippen LogP contribution in [0, 0.1) is 18.6 Å². The molecule has 12 heteroatoms. The van der Waals surface area contributed by atoms with Crippen LogP contribution >= 0.6 is 22.9 Å². The summed E-state index contributed by atoms with van der Waals surface area (Å²) in [5.41, 5.74) is 1.62. The summed E-state index contributed by atoms with van der Waals surface area (Å²) in [4.78, 5) is 13.3. The number of rotatable bonds is 6. The zero-order valence-electron chi connectivity index (χ0n) is 19.5. The number of nitrogens with one attached hydrogen (secondary N) is 1. The first kappa shape index (κ1) is 25.7. The van der Waals surface area contributed by atoms with Gasteiger partial charge < -0.3 is 4.74 Å². The number of aromatic nitrogens is 3. The molecule has 1 saturated heterocycles. The van der Waals surface area contributed by atoms with Crippen LogP contribution in [0.2, 0.25) is 5.02 Å². The maximum atomic E-state index is 14.2. The Bertz CT molecular complexity index is 1550. The molecule has 0 saturated carbocycles. The minimum Gasteiger partial charge on any atom is -0.381 e. The summed E-state index contributed by atoms with van der Waals surface area (Å²) in [5, 5.41) is 0.943. The van der Waals surface area contributed by atoms with Crippen molar-refractivity contribution in [3.63, 3.8) is 0 Å². The SMILES string of the molecule is Cc1nccc(-c2sc(C3CCOCC3)nc2-c2cccc(NS(=O)(=O)c3c(F)cccc3F)c2Cl)n1. The molecule has 0 aliphatic carbocycles. The largest absolute Gasteiger partial charge is 0.381 e. The van der Waals surface area contributed by atoms with Crippen molar-refractivity contribution in [2.75, 3.05) is 17.9 Å². The van der Waals surface area contributed by atoms with Crippen molar-refractivity contribution in [1.29, 1.82) is 0 Å². The van der Waals surface area contributed by atoms with Gasteiger partial charge in [-0.3, -0.25) is 4.72 Å². The summed E-state index contributed by atoms with van der Waals surface area (Å²) >= 11 is 8.20. The number of anilines is 1. The average Bonchev–Trinajstić information content (AvgIpc) is 3.31. The van der Waals surface area contributed by atoms with Gasteiger partial charge >= 0.3 is 0 Å². The zero-order valence-corrected chi connectivity index (χ0v) is 21.9. The zero-order chi connectivity index (χ0) is 26.2. The van der Waals surface area contributed by atoms with Crippen LogP contribution in [-0.2, 0) is 14.8 Å². The van der Waals surface area contributed by atoms with Gasteiger partial charge in [-0.2, -0.15) is 0 Å². The fourth-order valence-electron chi connectivity index (χ4n) is 4.12. The molecular weight excluding hydrogens is 542 g/mol. The van der Waals surface area contributed by atoms with Crippen LogP contribution in [-0.4, -0.2) is 36.6 Å². The lowest BCUT2D eigenvalue weighted by Crippen LogP contribution is -2.16. The van der Waals surface area contributed by atoms with E-state index < -0.39 is 26.6 Å². The van der Waals surface area contributed by atoms with Crippen molar-refractivity contribution < 1.29 is 21.9 Å². The van der Waals surface area contributed by atoms with Crippen molar-refractivity contribution in [3.8, 4) is 21.8 Å². The van der Waals surface area contributed by atoms with Crippen molar-refractivity contribution in [1.82, 2.24) is 15.0 Å². The minimum absolute atomic E-state index is 0.0349. The van der Waals surface area contributed by atoms with Crippen LogP contribution in [0.15, 0.2) is 53.6 Å². The van der Waals surface area contributed by atoms with E-state index in [1.165, 1.54) is 17.4 Å². The third kappa shape index (κ3) is 5.22. The first-order valence-corrected chi connectivity index (χ1v) is 14.1. The Labute approximate surface area is 221 Å².